The van der Waals surface area contributed by atoms with Gasteiger partial charge in [0.1, 0.15) is 12.0 Å². The first kappa shape index (κ1) is 15.8. The minimum absolute atomic E-state index is 0.0239. The molecule has 1 fully saturated rings. The molecule has 2 aliphatic heterocycles. The van der Waals surface area contributed by atoms with Crippen LogP contribution in [0.15, 0.2) is 54.0 Å². The fourth-order valence-electron chi connectivity index (χ4n) is 3.03. The summed E-state index contributed by atoms with van der Waals surface area (Å²) in [6, 6.07) is 5.52. The van der Waals surface area contributed by atoms with E-state index in [0.29, 0.717) is 17.0 Å². The predicted octanol–water partition coefficient (Wildman–Crippen LogP) is 2.87. The molecule has 7 heteroatoms. The second kappa shape index (κ2) is 5.68. The van der Waals surface area contributed by atoms with Crippen LogP contribution in [0.2, 0.25) is 0 Å². The molecule has 4 nitrogen and oxygen atoms in total. The maximum atomic E-state index is 13.3. The molecule has 1 saturated carbocycles. The lowest BCUT2D eigenvalue weighted by Crippen LogP contribution is -2.44. The summed E-state index contributed by atoms with van der Waals surface area (Å²) in [5.41, 5.74) is 0.675. The van der Waals surface area contributed by atoms with Crippen LogP contribution in [0.1, 0.15) is 24.0 Å². The molecule has 0 radical (unpaired) electrons. The van der Waals surface area contributed by atoms with E-state index in [0.717, 1.165) is 18.9 Å². The quantitative estimate of drug-likeness (QED) is 0.788. The molecule has 1 atom stereocenters. The van der Waals surface area contributed by atoms with Gasteiger partial charge in [-0.15, -0.1) is 0 Å². The van der Waals surface area contributed by atoms with Crippen molar-refractivity contribution in [2.24, 2.45) is 5.92 Å². The summed E-state index contributed by atoms with van der Waals surface area (Å²) in [6.07, 6.45) is 2.02. The Morgan fingerprint density at radius 3 is 2.64 bits per heavy atom. The van der Waals surface area contributed by atoms with Crippen LogP contribution in [0.5, 0.6) is 0 Å². The van der Waals surface area contributed by atoms with Crippen LogP contribution < -0.4 is 16.0 Å². The second-order valence-corrected chi connectivity index (χ2v) is 6.31. The number of alkyl halides is 3. The first-order valence-corrected chi connectivity index (χ1v) is 8.06. The van der Waals surface area contributed by atoms with Crippen LogP contribution in [-0.2, 0) is 11.0 Å². The lowest BCUT2D eigenvalue weighted by Gasteiger charge is -2.24. The van der Waals surface area contributed by atoms with Gasteiger partial charge in [0.25, 0.3) is 0 Å². The number of halogens is 3. The van der Waals surface area contributed by atoms with Crippen LogP contribution in [0.25, 0.3) is 5.57 Å². The van der Waals surface area contributed by atoms with E-state index in [1.807, 2.05) is 0 Å². The standard InChI is InChI=1S/C18H16F3N3O/c19-18(20,21)14-4-2-1-3-11(14)13-9-22-16-12(13)7-8-15(23-16)24-17(25)10-5-6-10/h1-4,7-10,16,22-23H,5-6H2,(H,24,25). The summed E-state index contributed by atoms with van der Waals surface area (Å²) in [6.45, 7) is 0. The molecule has 3 N–H and O–H groups in total. The maximum absolute atomic E-state index is 13.3. The lowest BCUT2D eigenvalue weighted by atomic mass is 9.93. The van der Waals surface area contributed by atoms with Crippen molar-refractivity contribution in [2.75, 3.05) is 0 Å². The van der Waals surface area contributed by atoms with E-state index in [2.05, 4.69) is 16.0 Å². The van der Waals surface area contributed by atoms with E-state index < -0.39 is 11.7 Å². The first-order valence-electron chi connectivity index (χ1n) is 8.06. The van der Waals surface area contributed by atoms with E-state index in [9.17, 15) is 18.0 Å². The number of hydrogen-bond acceptors (Lipinski definition) is 3. The van der Waals surface area contributed by atoms with Gasteiger partial charge in [0.05, 0.1) is 5.56 Å². The third-order valence-corrected chi connectivity index (χ3v) is 4.47. The number of allylic oxidation sites excluding steroid dienone is 2. The van der Waals surface area contributed by atoms with Gasteiger partial charge in [-0.25, -0.2) is 0 Å². The molecule has 0 saturated heterocycles. The molecule has 3 aliphatic rings. The van der Waals surface area contributed by atoms with Crippen molar-refractivity contribution in [2.45, 2.75) is 25.2 Å². The van der Waals surface area contributed by atoms with Gasteiger partial charge in [-0.3, -0.25) is 4.79 Å². The zero-order valence-electron chi connectivity index (χ0n) is 13.2. The van der Waals surface area contributed by atoms with E-state index in [1.165, 1.54) is 12.1 Å². The van der Waals surface area contributed by atoms with Crippen LogP contribution >= 0.6 is 0 Å². The minimum Gasteiger partial charge on any atom is -0.367 e. The van der Waals surface area contributed by atoms with Crippen molar-refractivity contribution < 1.29 is 18.0 Å². The Kier molecular flexibility index (Phi) is 3.59. The Morgan fingerprint density at radius 1 is 1.16 bits per heavy atom. The van der Waals surface area contributed by atoms with Gasteiger partial charge >= 0.3 is 6.18 Å². The lowest BCUT2D eigenvalue weighted by molar-refractivity contribution is -0.137. The monoisotopic (exact) mass is 347 g/mol. The van der Waals surface area contributed by atoms with E-state index >= 15 is 0 Å². The number of hydrogen-bond donors (Lipinski definition) is 3. The molecule has 1 amide bonds. The molecule has 1 aliphatic carbocycles. The highest BCUT2D eigenvalue weighted by molar-refractivity contribution is 5.86. The molecule has 0 bridgehead atoms. The molecular weight excluding hydrogens is 331 g/mol. The summed E-state index contributed by atoms with van der Waals surface area (Å²) in [4.78, 5) is 11.8. The topological polar surface area (TPSA) is 53.2 Å². The van der Waals surface area contributed by atoms with Gasteiger partial charge in [-0.1, -0.05) is 24.3 Å². The predicted molar refractivity (Wildman–Crippen MR) is 86.5 cm³/mol. The molecule has 1 aromatic rings. The van der Waals surface area contributed by atoms with Gasteiger partial charge in [0, 0.05) is 23.3 Å². The summed E-state index contributed by atoms with van der Waals surface area (Å²) in [7, 11) is 0. The zero-order chi connectivity index (χ0) is 17.6. The molecule has 1 unspecified atom stereocenters. The van der Waals surface area contributed by atoms with Crippen molar-refractivity contribution in [3.63, 3.8) is 0 Å². The number of nitrogens with one attached hydrogen (secondary N) is 3. The Morgan fingerprint density at radius 2 is 1.92 bits per heavy atom. The summed E-state index contributed by atoms with van der Waals surface area (Å²) < 4.78 is 39.8. The Bertz CT molecular complexity index is 819. The molecule has 0 spiro atoms. The van der Waals surface area contributed by atoms with Gasteiger partial charge < -0.3 is 16.0 Å². The number of carbonyl (C=O) groups excluding carboxylic acids is 1. The molecule has 0 aromatic heterocycles. The SMILES string of the molecule is O=C(NC1=CC=C2C(c3ccccc3C(F)(F)F)=CNC2N1)C1CC1. The first-order chi connectivity index (χ1) is 11.9. The van der Waals surface area contributed by atoms with E-state index in [1.54, 1.807) is 24.4 Å². The van der Waals surface area contributed by atoms with Crippen LogP contribution in [-0.4, -0.2) is 12.1 Å². The fourth-order valence-corrected chi connectivity index (χ4v) is 3.03. The van der Waals surface area contributed by atoms with E-state index in [-0.39, 0.29) is 23.6 Å². The number of amides is 1. The van der Waals surface area contributed by atoms with Crippen LogP contribution in [0, 0.1) is 5.92 Å². The zero-order valence-corrected chi connectivity index (χ0v) is 13.2. The highest BCUT2D eigenvalue weighted by Gasteiger charge is 2.37. The van der Waals surface area contributed by atoms with Crippen molar-refractivity contribution in [3.8, 4) is 0 Å². The molecule has 25 heavy (non-hydrogen) atoms. The number of carbonyl (C=O) groups is 1. The molecular formula is C18H16F3N3O. The number of fused-ring (bicyclic) bond motifs is 1. The third-order valence-electron chi connectivity index (χ3n) is 4.47. The Labute approximate surface area is 142 Å². The summed E-state index contributed by atoms with van der Waals surface area (Å²) in [5, 5.41) is 8.94. The minimum atomic E-state index is -4.42. The fraction of sp³-hybridized carbons (Fsp3) is 0.278. The second-order valence-electron chi connectivity index (χ2n) is 6.31. The normalized spacial score (nSPS) is 22.0. The molecule has 2 heterocycles. The van der Waals surface area contributed by atoms with Crippen molar-refractivity contribution in [3.05, 3.63) is 65.1 Å². The van der Waals surface area contributed by atoms with E-state index in [4.69, 9.17) is 0 Å². The van der Waals surface area contributed by atoms with Gasteiger partial charge in [-0.2, -0.15) is 13.2 Å². The third kappa shape index (κ3) is 3.01. The number of rotatable bonds is 3. The van der Waals surface area contributed by atoms with Crippen molar-refractivity contribution in [1.82, 2.24) is 16.0 Å². The Hall–Kier alpha value is -2.70. The van der Waals surface area contributed by atoms with Crippen LogP contribution in [0.4, 0.5) is 13.2 Å². The smallest absolute Gasteiger partial charge is 0.367 e. The Balaban J connectivity index is 1.61. The molecule has 130 valence electrons. The highest BCUT2D eigenvalue weighted by atomic mass is 19.4. The van der Waals surface area contributed by atoms with Gasteiger partial charge in [0.2, 0.25) is 5.91 Å². The van der Waals surface area contributed by atoms with Crippen molar-refractivity contribution >= 4 is 11.5 Å². The van der Waals surface area contributed by atoms with Crippen molar-refractivity contribution in [1.29, 1.82) is 0 Å². The average Bonchev–Trinajstić information content (AvgIpc) is 3.34. The maximum Gasteiger partial charge on any atom is 0.417 e. The summed E-state index contributed by atoms with van der Waals surface area (Å²) in [5.74, 6) is 0.609. The number of dihydropyridines is 1. The molecule has 4 rings (SSSR count). The summed E-state index contributed by atoms with van der Waals surface area (Å²) >= 11 is 0. The van der Waals surface area contributed by atoms with Gasteiger partial charge in [-0.05, 0) is 30.5 Å². The number of benzene rings is 1. The molecule has 1 aromatic carbocycles. The average molecular weight is 347 g/mol. The van der Waals surface area contributed by atoms with Crippen LogP contribution in [0.3, 0.4) is 0 Å². The van der Waals surface area contributed by atoms with Gasteiger partial charge in [0.15, 0.2) is 0 Å². The highest BCUT2D eigenvalue weighted by Crippen LogP contribution is 2.39. The largest absolute Gasteiger partial charge is 0.417 e.